The molecule has 2 aromatic rings. The van der Waals surface area contributed by atoms with Crippen molar-refractivity contribution in [2.75, 3.05) is 13.1 Å². The Labute approximate surface area is 119 Å². The summed E-state index contributed by atoms with van der Waals surface area (Å²) in [5, 5.41) is 0. The lowest BCUT2D eigenvalue weighted by atomic mass is 9.90. The number of nitrogens with zero attached hydrogens (tertiary/aromatic N) is 3. The summed E-state index contributed by atoms with van der Waals surface area (Å²) in [7, 11) is 1.85. The van der Waals surface area contributed by atoms with Crippen molar-refractivity contribution in [1.82, 2.24) is 14.5 Å². The van der Waals surface area contributed by atoms with Gasteiger partial charge in [-0.1, -0.05) is 24.3 Å². The van der Waals surface area contributed by atoms with Crippen molar-refractivity contribution in [2.24, 2.45) is 13.0 Å². The van der Waals surface area contributed by atoms with Crippen LogP contribution in [0.2, 0.25) is 0 Å². The molecule has 0 radical (unpaired) electrons. The van der Waals surface area contributed by atoms with Crippen LogP contribution in [0.5, 0.6) is 0 Å². The molecule has 1 amide bonds. The normalized spacial score (nSPS) is 15.2. The number of hydrogen-bond donors (Lipinski definition) is 0. The average molecular weight is 269 g/mol. The molecule has 104 valence electrons. The van der Waals surface area contributed by atoms with E-state index in [1.165, 1.54) is 11.1 Å². The molecule has 2 heterocycles. The first-order valence-corrected chi connectivity index (χ1v) is 6.96. The van der Waals surface area contributed by atoms with E-state index in [2.05, 4.69) is 36.2 Å². The van der Waals surface area contributed by atoms with Crippen LogP contribution in [0.1, 0.15) is 21.7 Å². The van der Waals surface area contributed by atoms with E-state index in [-0.39, 0.29) is 5.91 Å². The largest absolute Gasteiger partial charge is 0.335 e. The van der Waals surface area contributed by atoms with Crippen LogP contribution in [0.25, 0.3) is 0 Å². The number of hydrogen-bond acceptors (Lipinski definition) is 2. The molecule has 0 spiro atoms. The van der Waals surface area contributed by atoms with Crippen molar-refractivity contribution < 1.29 is 4.79 Å². The summed E-state index contributed by atoms with van der Waals surface area (Å²) in [5.41, 5.74) is 2.72. The van der Waals surface area contributed by atoms with E-state index in [1.54, 1.807) is 17.0 Å². The van der Waals surface area contributed by atoms with E-state index in [0.717, 1.165) is 19.5 Å². The van der Waals surface area contributed by atoms with Gasteiger partial charge in [-0.25, -0.2) is 4.98 Å². The van der Waals surface area contributed by atoms with Crippen LogP contribution in [0, 0.1) is 12.8 Å². The number of aromatic nitrogens is 2. The summed E-state index contributed by atoms with van der Waals surface area (Å²) in [6, 6.07) is 8.47. The molecule has 20 heavy (non-hydrogen) atoms. The number of amides is 1. The third kappa shape index (κ3) is 2.33. The van der Waals surface area contributed by atoms with Crippen LogP contribution in [-0.4, -0.2) is 33.4 Å². The first-order valence-electron chi connectivity index (χ1n) is 6.96. The molecule has 1 fully saturated rings. The molecule has 1 aliphatic rings. The molecule has 4 nitrogen and oxygen atoms in total. The van der Waals surface area contributed by atoms with E-state index in [9.17, 15) is 4.79 Å². The van der Waals surface area contributed by atoms with Gasteiger partial charge in [0.05, 0.1) is 0 Å². The van der Waals surface area contributed by atoms with Gasteiger partial charge in [-0.3, -0.25) is 4.79 Å². The molecule has 1 saturated heterocycles. The Bertz CT molecular complexity index is 626. The first kappa shape index (κ1) is 12.9. The van der Waals surface area contributed by atoms with Gasteiger partial charge in [-0.05, 0) is 30.4 Å². The number of carbonyl (C=O) groups excluding carboxylic acids is 1. The molecule has 0 N–H and O–H groups in total. The summed E-state index contributed by atoms with van der Waals surface area (Å²) in [6.45, 7) is 3.81. The Balaban J connectivity index is 1.58. The van der Waals surface area contributed by atoms with Crippen molar-refractivity contribution >= 4 is 5.91 Å². The maximum Gasteiger partial charge on any atom is 0.289 e. The van der Waals surface area contributed by atoms with Crippen LogP contribution in [0.3, 0.4) is 0 Å². The molecule has 3 rings (SSSR count). The molecule has 0 aliphatic carbocycles. The van der Waals surface area contributed by atoms with Crippen molar-refractivity contribution in [3.8, 4) is 0 Å². The van der Waals surface area contributed by atoms with Crippen molar-refractivity contribution in [2.45, 2.75) is 13.3 Å². The summed E-state index contributed by atoms with van der Waals surface area (Å²) in [4.78, 5) is 18.2. The van der Waals surface area contributed by atoms with Gasteiger partial charge in [0, 0.05) is 32.5 Å². The minimum absolute atomic E-state index is 0.0403. The number of likely N-dealkylation sites (tertiary alicyclic amines) is 1. The number of aryl methyl sites for hydroxylation is 2. The Morgan fingerprint density at radius 3 is 2.75 bits per heavy atom. The number of imidazole rings is 1. The van der Waals surface area contributed by atoms with E-state index < -0.39 is 0 Å². The predicted molar refractivity (Wildman–Crippen MR) is 77.5 cm³/mol. The summed E-state index contributed by atoms with van der Waals surface area (Å²) < 4.78 is 1.77. The first-order chi connectivity index (χ1) is 9.65. The lowest BCUT2D eigenvalue weighted by molar-refractivity contribution is 0.0484. The highest BCUT2D eigenvalue weighted by atomic mass is 16.2. The molecule has 1 aliphatic heterocycles. The second-order valence-corrected chi connectivity index (χ2v) is 5.57. The molecule has 0 atom stereocenters. The lowest BCUT2D eigenvalue weighted by Gasteiger charge is -2.39. The Morgan fingerprint density at radius 2 is 2.10 bits per heavy atom. The number of benzene rings is 1. The molecule has 1 aromatic heterocycles. The maximum atomic E-state index is 12.2. The third-order valence-corrected chi connectivity index (χ3v) is 4.03. The maximum absolute atomic E-state index is 12.2. The highest BCUT2D eigenvalue weighted by Gasteiger charge is 2.32. The Morgan fingerprint density at radius 1 is 1.35 bits per heavy atom. The van der Waals surface area contributed by atoms with Gasteiger partial charge < -0.3 is 9.47 Å². The summed E-state index contributed by atoms with van der Waals surface area (Å²) >= 11 is 0. The SMILES string of the molecule is Cc1ccccc1CC1CN(C(=O)c2nccn2C)C1. The zero-order valence-corrected chi connectivity index (χ0v) is 11.9. The zero-order valence-electron chi connectivity index (χ0n) is 11.9. The van der Waals surface area contributed by atoms with Gasteiger partial charge in [0.25, 0.3) is 5.91 Å². The van der Waals surface area contributed by atoms with Crippen LogP contribution in [0.15, 0.2) is 36.7 Å². The topological polar surface area (TPSA) is 38.1 Å². The molecule has 0 saturated carbocycles. The molecule has 0 unspecified atom stereocenters. The summed E-state index contributed by atoms with van der Waals surface area (Å²) in [6.07, 6.45) is 4.52. The van der Waals surface area contributed by atoms with Gasteiger partial charge >= 0.3 is 0 Å². The second kappa shape index (κ2) is 5.12. The number of carbonyl (C=O) groups is 1. The minimum atomic E-state index is 0.0403. The summed E-state index contributed by atoms with van der Waals surface area (Å²) in [5.74, 6) is 1.14. The van der Waals surface area contributed by atoms with Gasteiger partial charge in [-0.15, -0.1) is 0 Å². The van der Waals surface area contributed by atoms with Crippen LogP contribution in [0.4, 0.5) is 0 Å². The zero-order chi connectivity index (χ0) is 14.1. The molecule has 0 bridgehead atoms. The number of rotatable bonds is 3. The smallest absolute Gasteiger partial charge is 0.289 e. The second-order valence-electron chi connectivity index (χ2n) is 5.57. The fourth-order valence-corrected chi connectivity index (χ4v) is 2.73. The van der Waals surface area contributed by atoms with Crippen LogP contribution < -0.4 is 0 Å². The monoisotopic (exact) mass is 269 g/mol. The third-order valence-electron chi connectivity index (χ3n) is 4.03. The van der Waals surface area contributed by atoms with E-state index in [4.69, 9.17) is 0 Å². The highest BCUT2D eigenvalue weighted by molar-refractivity contribution is 5.91. The highest BCUT2D eigenvalue weighted by Crippen LogP contribution is 2.23. The quantitative estimate of drug-likeness (QED) is 0.855. The van der Waals surface area contributed by atoms with E-state index >= 15 is 0 Å². The molecule has 4 heteroatoms. The van der Waals surface area contributed by atoms with E-state index in [0.29, 0.717) is 11.7 Å². The van der Waals surface area contributed by atoms with Gasteiger partial charge in [0.2, 0.25) is 0 Å². The Kier molecular flexibility index (Phi) is 3.30. The van der Waals surface area contributed by atoms with E-state index in [1.807, 2.05) is 11.9 Å². The van der Waals surface area contributed by atoms with Crippen molar-refractivity contribution in [3.63, 3.8) is 0 Å². The van der Waals surface area contributed by atoms with Crippen molar-refractivity contribution in [3.05, 3.63) is 53.6 Å². The fourth-order valence-electron chi connectivity index (χ4n) is 2.73. The average Bonchev–Trinajstić information content (AvgIpc) is 2.81. The van der Waals surface area contributed by atoms with Crippen LogP contribution in [-0.2, 0) is 13.5 Å². The van der Waals surface area contributed by atoms with Crippen LogP contribution >= 0.6 is 0 Å². The molecular formula is C16H19N3O. The predicted octanol–water partition coefficient (Wildman–Crippen LogP) is 2.04. The standard InChI is InChI=1S/C16H19N3O/c1-12-5-3-4-6-14(12)9-13-10-19(11-13)16(20)15-17-7-8-18(15)2/h3-8,13H,9-11H2,1-2H3. The van der Waals surface area contributed by atoms with Gasteiger partial charge in [-0.2, -0.15) is 0 Å². The minimum Gasteiger partial charge on any atom is -0.335 e. The van der Waals surface area contributed by atoms with Gasteiger partial charge in [0.15, 0.2) is 5.82 Å². The van der Waals surface area contributed by atoms with Gasteiger partial charge in [0.1, 0.15) is 0 Å². The lowest BCUT2D eigenvalue weighted by Crippen LogP contribution is -2.51. The fraction of sp³-hybridized carbons (Fsp3) is 0.375. The Hall–Kier alpha value is -2.10. The molecular weight excluding hydrogens is 250 g/mol. The van der Waals surface area contributed by atoms with Crippen molar-refractivity contribution in [1.29, 1.82) is 0 Å². The molecule has 1 aromatic carbocycles.